The van der Waals surface area contributed by atoms with Crippen LogP contribution >= 0.6 is 11.6 Å². The first kappa shape index (κ1) is 11.5. The molecule has 0 fully saturated rings. The molecule has 14 heavy (non-hydrogen) atoms. The lowest BCUT2D eigenvalue weighted by molar-refractivity contribution is 0.0476. The second-order valence-corrected chi connectivity index (χ2v) is 3.95. The van der Waals surface area contributed by atoms with Gasteiger partial charge in [0.15, 0.2) is 0 Å². The molecule has 0 aliphatic carbocycles. The van der Waals surface area contributed by atoms with E-state index < -0.39 is 0 Å². The molecule has 0 spiro atoms. The molecule has 0 heterocycles. The summed E-state index contributed by atoms with van der Waals surface area (Å²) in [7, 11) is 0. The smallest absolute Gasteiger partial charge is 0.0796 e. The van der Waals surface area contributed by atoms with E-state index in [0.717, 1.165) is 6.61 Å². The molecular formula is C12H17ClO. The van der Waals surface area contributed by atoms with Crippen LogP contribution in [0.15, 0.2) is 30.3 Å². The van der Waals surface area contributed by atoms with Crippen LogP contribution in [0.2, 0.25) is 0 Å². The van der Waals surface area contributed by atoms with Crippen LogP contribution in [0.4, 0.5) is 0 Å². The van der Waals surface area contributed by atoms with Crippen molar-refractivity contribution in [3.05, 3.63) is 35.9 Å². The molecule has 1 rings (SSSR count). The SMILES string of the molecule is CC(CCl)COC(C)c1ccccc1. The van der Waals surface area contributed by atoms with Crippen LogP contribution in [0.3, 0.4) is 0 Å². The Kier molecular flexibility index (Phi) is 4.99. The summed E-state index contributed by atoms with van der Waals surface area (Å²) >= 11 is 5.70. The molecule has 0 radical (unpaired) electrons. The lowest BCUT2D eigenvalue weighted by Gasteiger charge is -2.15. The van der Waals surface area contributed by atoms with Crippen molar-refractivity contribution < 1.29 is 4.74 Å². The third-order valence-corrected chi connectivity index (χ3v) is 2.69. The van der Waals surface area contributed by atoms with E-state index in [1.807, 2.05) is 18.2 Å². The van der Waals surface area contributed by atoms with E-state index in [9.17, 15) is 0 Å². The maximum absolute atomic E-state index is 5.70. The van der Waals surface area contributed by atoms with Crippen molar-refractivity contribution in [1.82, 2.24) is 0 Å². The van der Waals surface area contributed by atoms with Gasteiger partial charge in [-0.1, -0.05) is 37.3 Å². The van der Waals surface area contributed by atoms with Crippen molar-refractivity contribution in [2.45, 2.75) is 20.0 Å². The number of halogens is 1. The first-order valence-electron chi connectivity index (χ1n) is 4.96. The van der Waals surface area contributed by atoms with Gasteiger partial charge in [-0.15, -0.1) is 11.6 Å². The number of ether oxygens (including phenoxy) is 1. The van der Waals surface area contributed by atoms with Gasteiger partial charge in [0.2, 0.25) is 0 Å². The molecule has 1 nitrogen and oxygen atoms in total. The molecule has 0 aliphatic heterocycles. The molecular weight excluding hydrogens is 196 g/mol. The molecule has 2 heteroatoms. The highest BCUT2D eigenvalue weighted by molar-refractivity contribution is 6.18. The van der Waals surface area contributed by atoms with Crippen molar-refractivity contribution in [2.75, 3.05) is 12.5 Å². The van der Waals surface area contributed by atoms with Gasteiger partial charge in [0.1, 0.15) is 0 Å². The molecule has 2 unspecified atom stereocenters. The second-order valence-electron chi connectivity index (χ2n) is 3.65. The van der Waals surface area contributed by atoms with Crippen LogP contribution in [0.5, 0.6) is 0 Å². The Morgan fingerprint density at radius 1 is 1.21 bits per heavy atom. The van der Waals surface area contributed by atoms with E-state index >= 15 is 0 Å². The molecule has 0 aromatic heterocycles. The van der Waals surface area contributed by atoms with Crippen molar-refractivity contribution in [3.8, 4) is 0 Å². The fourth-order valence-electron chi connectivity index (χ4n) is 1.17. The third-order valence-electron chi connectivity index (χ3n) is 2.16. The van der Waals surface area contributed by atoms with Crippen molar-refractivity contribution in [1.29, 1.82) is 0 Å². The molecule has 0 N–H and O–H groups in total. The molecule has 0 amide bonds. The Bertz CT molecular complexity index is 248. The molecule has 0 saturated heterocycles. The Morgan fingerprint density at radius 2 is 1.86 bits per heavy atom. The van der Waals surface area contributed by atoms with E-state index in [2.05, 4.69) is 26.0 Å². The summed E-state index contributed by atoms with van der Waals surface area (Å²) in [5.41, 5.74) is 1.22. The normalized spacial score (nSPS) is 15.1. The zero-order valence-corrected chi connectivity index (χ0v) is 9.50. The van der Waals surface area contributed by atoms with Gasteiger partial charge >= 0.3 is 0 Å². The van der Waals surface area contributed by atoms with Crippen molar-refractivity contribution >= 4 is 11.6 Å². The number of rotatable bonds is 5. The highest BCUT2D eigenvalue weighted by atomic mass is 35.5. The highest BCUT2D eigenvalue weighted by Gasteiger charge is 2.07. The minimum absolute atomic E-state index is 0.155. The van der Waals surface area contributed by atoms with E-state index in [-0.39, 0.29) is 6.10 Å². The number of hydrogen-bond donors (Lipinski definition) is 0. The van der Waals surface area contributed by atoms with Gasteiger partial charge in [0.05, 0.1) is 12.7 Å². The zero-order chi connectivity index (χ0) is 10.4. The third kappa shape index (κ3) is 3.69. The van der Waals surface area contributed by atoms with Gasteiger partial charge < -0.3 is 4.74 Å². The van der Waals surface area contributed by atoms with Gasteiger partial charge in [-0.25, -0.2) is 0 Å². The molecule has 0 bridgehead atoms. The Morgan fingerprint density at radius 3 is 2.43 bits per heavy atom. The van der Waals surface area contributed by atoms with Gasteiger partial charge in [-0.3, -0.25) is 0 Å². The largest absolute Gasteiger partial charge is 0.373 e. The van der Waals surface area contributed by atoms with E-state index in [0.29, 0.717) is 11.8 Å². The fraction of sp³-hybridized carbons (Fsp3) is 0.500. The number of hydrogen-bond acceptors (Lipinski definition) is 1. The summed E-state index contributed by atoms with van der Waals surface area (Å²) in [6, 6.07) is 10.2. The minimum Gasteiger partial charge on any atom is -0.373 e. The van der Waals surface area contributed by atoms with Gasteiger partial charge in [0, 0.05) is 5.88 Å². The van der Waals surface area contributed by atoms with Crippen molar-refractivity contribution in [3.63, 3.8) is 0 Å². The fourth-order valence-corrected chi connectivity index (χ4v) is 1.26. The second kappa shape index (κ2) is 6.05. The van der Waals surface area contributed by atoms with Crippen LogP contribution in [-0.4, -0.2) is 12.5 Å². The average molecular weight is 213 g/mol. The van der Waals surface area contributed by atoms with Crippen LogP contribution < -0.4 is 0 Å². The summed E-state index contributed by atoms with van der Waals surface area (Å²) in [4.78, 5) is 0. The summed E-state index contributed by atoms with van der Waals surface area (Å²) in [6.45, 7) is 4.88. The zero-order valence-electron chi connectivity index (χ0n) is 8.74. The highest BCUT2D eigenvalue weighted by Crippen LogP contribution is 2.16. The van der Waals surface area contributed by atoms with Crippen LogP contribution in [0, 0.1) is 5.92 Å². The first-order chi connectivity index (χ1) is 6.74. The van der Waals surface area contributed by atoms with E-state index in [1.165, 1.54) is 5.56 Å². The molecule has 2 atom stereocenters. The number of alkyl halides is 1. The van der Waals surface area contributed by atoms with E-state index in [1.54, 1.807) is 0 Å². The molecule has 0 aliphatic rings. The lowest BCUT2D eigenvalue weighted by atomic mass is 10.1. The average Bonchev–Trinajstić information content (AvgIpc) is 2.26. The quantitative estimate of drug-likeness (QED) is 0.678. The number of benzene rings is 1. The predicted octanol–water partition coefficient (Wildman–Crippen LogP) is 3.64. The van der Waals surface area contributed by atoms with Gasteiger partial charge in [0.25, 0.3) is 0 Å². The van der Waals surface area contributed by atoms with Gasteiger partial charge in [-0.2, -0.15) is 0 Å². The molecule has 78 valence electrons. The summed E-state index contributed by atoms with van der Waals surface area (Å²) < 4.78 is 5.70. The summed E-state index contributed by atoms with van der Waals surface area (Å²) in [5.74, 6) is 1.07. The maximum Gasteiger partial charge on any atom is 0.0796 e. The lowest BCUT2D eigenvalue weighted by Crippen LogP contribution is -2.09. The monoisotopic (exact) mass is 212 g/mol. The van der Waals surface area contributed by atoms with Crippen LogP contribution in [-0.2, 0) is 4.74 Å². The van der Waals surface area contributed by atoms with Crippen LogP contribution in [0.1, 0.15) is 25.5 Å². The summed E-state index contributed by atoms with van der Waals surface area (Å²) in [5, 5.41) is 0. The molecule has 1 aromatic carbocycles. The van der Waals surface area contributed by atoms with Gasteiger partial charge in [-0.05, 0) is 18.4 Å². The topological polar surface area (TPSA) is 9.23 Å². The minimum atomic E-state index is 0.155. The first-order valence-corrected chi connectivity index (χ1v) is 5.50. The Hall–Kier alpha value is -0.530. The van der Waals surface area contributed by atoms with Crippen molar-refractivity contribution in [2.24, 2.45) is 5.92 Å². The molecule has 0 saturated carbocycles. The van der Waals surface area contributed by atoms with E-state index in [4.69, 9.17) is 16.3 Å². The summed E-state index contributed by atoms with van der Waals surface area (Å²) in [6.07, 6.45) is 0.155. The Labute approximate surface area is 91.0 Å². The Balaban J connectivity index is 2.39. The predicted molar refractivity (Wildman–Crippen MR) is 60.7 cm³/mol. The standard InChI is InChI=1S/C12H17ClO/c1-10(8-13)9-14-11(2)12-6-4-3-5-7-12/h3-7,10-11H,8-9H2,1-2H3. The van der Waals surface area contributed by atoms with Crippen LogP contribution in [0.25, 0.3) is 0 Å². The maximum atomic E-state index is 5.70. The molecule has 1 aromatic rings.